The first kappa shape index (κ1) is 21.8. The molecule has 1 amide bonds. The molecule has 13 heteroatoms. The molecule has 27 heavy (non-hydrogen) atoms. The van der Waals surface area contributed by atoms with Crippen molar-refractivity contribution in [2.24, 2.45) is 4.99 Å². The number of alkyl halides is 6. The van der Waals surface area contributed by atoms with Crippen molar-refractivity contribution in [2.45, 2.75) is 24.2 Å². The predicted octanol–water partition coefficient (Wildman–Crippen LogP) is 3.80. The van der Waals surface area contributed by atoms with Crippen molar-refractivity contribution in [3.8, 4) is 0 Å². The fourth-order valence-electron chi connectivity index (χ4n) is 2.16. The van der Waals surface area contributed by atoms with Gasteiger partial charge in [-0.05, 0) is 24.2 Å². The van der Waals surface area contributed by atoms with Gasteiger partial charge >= 0.3 is 12.4 Å². The molecule has 1 saturated heterocycles. The molecule has 0 saturated carbocycles. The molecular formula is C14H11F7N2O2S2. The number of amidine groups is 1. The predicted molar refractivity (Wildman–Crippen MR) is 86.8 cm³/mol. The minimum Gasteiger partial charge on any atom is -0.611 e. The van der Waals surface area contributed by atoms with E-state index in [4.69, 9.17) is 0 Å². The van der Waals surface area contributed by atoms with Crippen molar-refractivity contribution in [1.82, 2.24) is 0 Å². The Morgan fingerprint density at radius 1 is 1.22 bits per heavy atom. The molecule has 1 atom stereocenters. The van der Waals surface area contributed by atoms with Crippen molar-refractivity contribution < 1.29 is 40.1 Å². The number of aliphatic imine (C=N–C) groups is 1. The van der Waals surface area contributed by atoms with Crippen molar-refractivity contribution in [3.05, 3.63) is 23.5 Å². The van der Waals surface area contributed by atoms with Crippen molar-refractivity contribution in [3.63, 3.8) is 0 Å². The molecule has 0 aromatic heterocycles. The van der Waals surface area contributed by atoms with Crippen LogP contribution in [0.5, 0.6) is 0 Å². The van der Waals surface area contributed by atoms with Gasteiger partial charge in [-0.25, -0.2) is 4.39 Å². The van der Waals surface area contributed by atoms with Gasteiger partial charge in [0.05, 0.1) is 11.4 Å². The van der Waals surface area contributed by atoms with Crippen molar-refractivity contribution >= 4 is 39.7 Å². The van der Waals surface area contributed by atoms with Crippen LogP contribution in [0, 0.1) is 12.7 Å². The average molecular weight is 436 g/mol. The zero-order valence-electron chi connectivity index (χ0n) is 13.4. The molecule has 1 heterocycles. The van der Waals surface area contributed by atoms with Crippen LogP contribution in [0.25, 0.3) is 0 Å². The third-order valence-electron chi connectivity index (χ3n) is 3.18. The van der Waals surface area contributed by atoms with E-state index in [2.05, 4.69) is 4.99 Å². The van der Waals surface area contributed by atoms with E-state index in [9.17, 15) is 40.1 Å². The maximum absolute atomic E-state index is 14.3. The number of halogens is 7. The molecule has 1 unspecified atom stereocenters. The quantitative estimate of drug-likeness (QED) is 0.533. The Kier molecular flexibility index (Phi) is 6.37. The number of hydrogen-bond acceptors (Lipinski definition) is 4. The van der Waals surface area contributed by atoms with Crippen LogP contribution in [0.3, 0.4) is 0 Å². The molecule has 0 N–H and O–H groups in total. The lowest BCUT2D eigenvalue weighted by atomic mass is 10.2. The molecule has 150 valence electrons. The molecule has 4 nitrogen and oxygen atoms in total. The molecule has 0 spiro atoms. The highest BCUT2D eigenvalue weighted by molar-refractivity contribution is 8.15. The Morgan fingerprint density at radius 3 is 2.41 bits per heavy atom. The maximum Gasteiger partial charge on any atom is 0.433 e. The number of nitrogens with zero attached hydrogens (tertiary/aromatic N) is 2. The summed E-state index contributed by atoms with van der Waals surface area (Å²) in [6, 6.07) is 1.55. The lowest BCUT2D eigenvalue weighted by molar-refractivity contribution is -0.118. The summed E-state index contributed by atoms with van der Waals surface area (Å²) in [6.45, 7) is -0.380. The molecule has 0 bridgehead atoms. The van der Waals surface area contributed by atoms with E-state index in [0.717, 1.165) is 12.1 Å². The van der Waals surface area contributed by atoms with Crippen molar-refractivity contribution in [1.29, 1.82) is 0 Å². The minimum absolute atomic E-state index is 0.0492. The Labute approximate surface area is 156 Å². The largest absolute Gasteiger partial charge is 0.611 e. The maximum atomic E-state index is 14.3. The van der Waals surface area contributed by atoms with Gasteiger partial charge < -0.3 is 4.55 Å². The smallest absolute Gasteiger partial charge is 0.433 e. The summed E-state index contributed by atoms with van der Waals surface area (Å²) in [5.74, 6) is -3.85. The third kappa shape index (κ3) is 5.75. The third-order valence-corrected chi connectivity index (χ3v) is 5.67. The second-order valence-corrected chi connectivity index (χ2v) is 7.77. The second-order valence-electron chi connectivity index (χ2n) is 5.41. The van der Waals surface area contributed by atoms with Gasteiger partial charge in [0.2, 0.25) is 11.7 Å². The van der Waals surface area contributed by atoms with E-state index in [1.807, 2.05) is 0 Å². The Bertz CT molecular complexity index is 765. The molecule has 0 aliphatic carbocycles. The van der Waals surface area contributed by atoms with Crippen LogP contribution in [0.15, 0.2) is 22.0 Å². The molecule has 1 aromatic carbocycles. The summed E-state index contributed by atoms with van der Waals surface area (Å²) in [4.78, 5) is 15.4. The van der Waals surface area contributed by atoms with Crippen LogP contribution in [0.1, 0.15) is 5.56 Å². The Morgan fingerprint density at radius 2 is 1.85 bits per heavy atom. The standard InChI is InChI=1S/C14H11F7N2O2S2/c1-7-2-8(15)9(3-10(7)27(25)6-14(19,20)21)23-11(24)4-26-12(23)22-5-13(16,17)18/h2-3H,4-6H2,1H3/b22-12+. The zero-order chi connectivity index (χ0) is 20.6. The number of aryl methyl sites for hydroxylation is 1. The van der Waals surface area contributed by atoms with Crippen LogP contribution in [0.2, 0.25) is 0 Å². The number of hydrogen-bond donors (Lipinski definition) is 0. The van der Waals surface area contributed by atoms with Crippen LogP contribution in [-0.2, 0) is 16.0 Å². The van der Waals surface area contributed by atoms with Gasteiger partial charge in [-0.3, -0.25) is 14.7 Å². The Balaban J connectivity index is 2.44. The van der Waals surface area contributed by atoms with Gasteiger partial charge in [-0.15, -0.1) is 0 Å². The first-order valence-electron chi connectivity index (χ1n) is 7.11. The highest BCUT2D eigenvalue weighted by atomic mass is 32.2. The second kappa shape index (κ2) is 7.87. The summed E-state index contributed by atoms with van der Waals surface area (Å²) in [5, 5.41) is -0.437. The minimum atomic E-state index is -4.75. The van der Waals surface area contributed by atoms with E-state index in [1.54, 1.807) is 0 Å². The lowest BCUT2D eigenvalue weighted by Gasteiger charge is -2.20. The van der Waals surface area contributed by atoms with E-state index in [-0.39, 0.29) is 16.2 Å². The number of benzene rings is 1. The van der Waals surface area contributed by atoms with E-state index >= 15 is 0 Å². The molecule has 1 fully saturated rings. The van der Waals surface area contributed by atoms with Gasteiger partial charge in [0.15, 0.2) is 10.1 Å². The summed E-state index contributed by atoms with van der Waals surface area (Å²) in [5.41, 5.74) is -0.644. The number of carbonyl (C=O) groups is 1. The summed E-state index contributed by atoms with van der Waals surface area (Å²) >= 11 is -1.94. The lowest BCUT2D eigenvalue weighted by Crippen LogP contribution is -2.31. The number of anilines is 1. The zero-order valence-corrected chi connectivity index (χ0v) is 15.1. The first-order chi connectivity index (χ1) is 12.3. The molecule has 1 aliphatic rings. The van der Waals surface area contributed by atoms with E-state index in [0.29, 0.717) is 16.7 Å². The van der Waals surface area contributed by atoms with Gasteiger partial charge in [0.1, 0.15) is 12.4 Å². The Hall–Kier alpha value is -1.47. The summed E-state index contributed by atoms with van der Waals surface area (Å²) < 4.78 is 101. The van der Waals surface area contributed by atoms with Crippen LogP contribution < -0.4 is 4.90 Å². The van der Waals surface area contributed by atoms with Crippen LogP contribution in [-0.4, -0.2) is 46.0 Å². The van der Waals surface area contributed by atoms with Crippen molar-refractivity contribution in [2.75, 3.05) is 23.0 Å². The topological polar surface area (TPSA) is 55.7 Å². The SMILES string of the molecule is Cc1cc(F)c(N2C(=O)CS/C2=N/CC(F)(F)F)cc1[S+]([O-])CC(F)(F)F. The highest BCUT2D eigenvalue weighted by Gasteiger charge is 2.38. The summed E-state index contributed by atoms with van der Waals surface area (Å²) in [6.07, 6.45) is -9.40. The average Bonchev–Trinajstić information content (AvgIpc) is 2.84. The van der Waals surface area contributed by atoms with Gasteiger partial charge in [-0.1, -0.05) is 11.8 Å². The van der Waals surface area contributed by atoms with Gasteiger partial charge in [0, 0.05) is 11.6 Å². The van der Waals surface area contributed by atoms with Crippen LogP contribution in [0.4, 0.5) is 36.4 Å². The normalized spacial score (nSPS) is 18.5. The summed E-state index contributed by atoms with van der Waals surface area (Å²) in [7, 11) is 0. The monoisotopic (exact) mass is 436 g/mol. The van der Waals surface area contributed by atoms with Crippen LogP contribution >= 0.6 is 11.8 Å². The number of rotatable bonds is 4. The number of thioether (sulfide) groups is 1. The molecule has 2 rings (SSSR count). The fraction of sp³-hybridized carbons (Fsp3) is 0.429. The molecule has 1 aliphatic heterocycles. The molecular weight excluding hydrogens is 425 g/mol. The highest BCUT2D eigenvalue weighted by Crippen LogP contribution is 2.34. The van der Waals surface area contributed by atoms with Gasteiger partial charge in [0.25, 0.3) is 0 Å². The molecule has 1 aromatic rings. The van der Waals surface area contributed by atoms with Gasteiger partial charge in [-0.2, -0.15) is 26.3 Å². The van der Waals surface area contributed by atoms with E-state index < -0.39 is 58.4 Å². The van der Waals surface area contributed by atoms with E-state index in [1.165, 1.54) is 6.92 Å². The fourth-order valence-corrected chi connectivity index (χ4v) is 4.14. The molecule has 0 radical (unpaired) electrons. The number of carbonyl (C=O) groups excluding carboxylic acids is 1. The first-order valence-corrected chi connectivity index (χ1v) is 9.41. The number of amides is 1.